The quantitative estimate of drug-likeness (QED) is 0.362. The van der Waals surface area contributed by atoms with E-state index in [4.69, 9.17) is 11.6 Å². The maximum atomic E-state index is 11.1. The van der Waals surface area contributed by atoms with Crippen molar-refractivity contribution in [2.75, 3.05) is 10.9 Å². The monoisotopic (exact) mass is 262 g/mol. The van der Waals surface area contributed by atoms with Gasteiger partial charge in [-0.15, -0.1) is 11.6 Å². The first kappa shape index (κ1) is 11.3. The van der Waals surface area contributed by atoms with Crippen molar-refractivity contribution in [2.45, 2.75) is 12.6 Å². The van der Waals surface area contributed by atoms with E-state index in [2.05, 4.69) is 0 Å². The Hall–Kier alpha value is -1.81. The van der Waals surface area contributed by atoms with Gasteiger partial charge in [-0.1, -0.05) is 36.4 Å². The van der Waals surface area contributed by atoms with Gasteiger partial charge in [-0.3, -0.25) is 15.0 Å². The van der Waals surface area contributed by atoms with E-state index >= 15 is 0 Å². The molecule has 18 heavy (non-hydrogen) atoms. The number of halogens is 1. The normalized spacial score (nSPS) is 18.1. The summed E-state index contributed by atoms with van der Waals surface area (Å²) >= 11 is 5.90. The number of nitro groups is 1. The molecule has 0 amide bonds. The Kier molecular flexibility index (Phi) is 2.59. The molecule has 0 N–H and O–H groups in total. The SMILES string of the molecule is O=[N+]([O-])C1Cc2ccc3ccccc3c2N1CCl. The van der Waals surface area contributed by atoms with E-state index in [0.717, 1.165) is 22.0 Å². The Morgan fingerprint density at radius 1 is 1.33 bits per heavy atom. The molecule has 2 aromatic rings. The number of hydrogen-bond acceptors (Lipinski definition) is 3. The molecule has 92 valence electrons. The second kappa shape index (κ2) is 4.14. The van der Waals surface area contributed by atoms with Crippen LogP contribution in [0.15, 0.2) is 36.4 Å². The molecule has 4 nitrogen and oxygen atoms in total. The van der Waals surface area contributed by atoms with Crippen LogP contribution in [0.4, 0.5) is 5.69 Å². The average molecular weight is 263 g/mol. The Labute approximate surface area is 109 Å². The lowest BCUT2D eigenvalue weighted by molar-refractivity contribution is -0.519. The first-order chi connectivity index (χ1) is 8.72. The topological polar surface area (TPSA) is 46.4 Å². The van der Waals surface area contributed by atoms with Crippen molar-refractivity contribution >= 4 is 28.1 Å². The van der Waals surface area contributed by atoms with Gasteiger partial charge in [0, 0.05) is 10.3 Å². The number of nitrogens with zero attached hydrogens (tertiary/aromatic N) is 2. The Morgan fingerprint density at radius 3 is 2.83 bits per heavy atom. The smallest absolute Gasteiger partial charge is 0.292 e. The fraction of sp³-hybridized carbons (Fsp3) is 0.231. The minimum absolute atomic E-state index is 0.132. The summed E-state index contributed by atoms with van der Waals surface area (Å²) in [4.78, 5) is 12.5. The lowest BCUT2D eigenvalue weighted by Crippen LogP contribution is -2.37. The van der Waals surface area contributed by atoms with Crippen LogP contribution in [0.1, 0.15) is 5.56 Å². The van der Waals surface area contributed by atoms with Gasteiger partial charge in [0.2, 0.25) is 0 Å². The van der Waals surface area contributed by atoms with Crippen LogP contribution < -0.4 is 4.90 Å². The highest BCUT2D eigenvalue weighted by Crippen LogP contribution is 2.38. The van der Waals surface area contributed by atoms with Crippen LogP contribution in [0.2, 0.25) is 0 Å². The molecule has 5 heteroatoms. The molecular weight excluding hydrogens is 252 g/mol. The van der Waals surface area contributed by atoms with Crippen LogP contribution in [-0.2, 0) is 6.42 Å². The predicted molar refractivity (Wildman–Crippen MR) is 71.6 cm³/mol. The number of benzene rings is 2. The fourth-order valence-corrected chi connectivity index (χ4v) is 2.87. The van der Waals surface area contributed by atoms with E-state index in [9.17, 15) is 10.1 Å². The Morgan fingerprint density at radius 2 is 2.11 bits per heavy atom. The second-order valence-corrected chi connectivity index (χ2v) is 4.59. The predicted octanol–water partition coefficient (Wildman–Crippen LogP) is 3.00. The van der Waals surface area contributed by atoms with Gasteiger partial charge in [0.05, 0.1) is 18.1 Å². The Bertz CT molecular complexity index is 629. The molecule has 1 aliphatic heterocycles. The molecule has 0 radical (unpaired) electrons. The van der Waals surface area contributed by atoms with Crippen LogP contribution >= 0.6 is 11.6 Å². The Balaban J connectivity index is 2.23. The third kappa shape index (κ3) is 1.53. The van der Waals surface area contributed by atoms with Gasteiger partial charge in [-0.25, -0.2) is 0 Å². The van der Waals surface area contributed by atoms with Gasteiger partial charge >= 0.3 is 0 Å². The fourth-order valence-electron chi connectivity index (χ4n) is 2.59. The highest BCUT2D eigenvalue weighted by molar-refractivity contribution is 6.19. The molecule has 1 atom stereocenters. The van der Waals surface area contributed by atoms with E-state index in [1.165, 1.54) is 0 Å². The standard InChI is InChI=1S/C13H11ClN2O2/c14-8-15-12(16(17)18)7-10-6-5-9-3-1-2-4-11(9)13(10)15/h1-6,12H,7-8H2. The summed E-state index contributed by atoms with van der Waals surface area (Å²) < 4.78 is 0. The second-order valence-electron chi connectivity index (χ2n) is 4.35. The summed E-state index contributed by atoms with van der Waals surface area (Å²) in [5, 5.41) is 13.2. The zero-order valence-corrected chi connectivity index (χ0v) is 10.3. The molecule has 2 aromatic carbocycles. The van der Waals surface area contributed by atoms with Crippen LogP contribution in [0.25, 0.3) is 10.8 Å². The van der Waals surface area contributed by atoms with Gasteiger partial charge < -0.3 is 0 Å². The minimum Gasteiger partial charge on any atom is -0.295 e. The molecule has 0 fully saturated rings. The molecule has 0 spiro atoms. The van der Waals surface area contributed by atoms with Gasteiger partial charge in [0.25, 0.3) is 6.17 Å². The molecule has 1 aliphatic rings. The van der Waals surface area contributed by atoms with Gasteiger partial charge in [0.1, 0.15) is 0 Å². The zero-order valence-electron chi connectivity index (χ0n) is 9.54. The van der Waals surface area contributed by atoms with E-state index in [0.29, 0.717) is 6.42 Å². The number of rotatable bonds is 2. The molecule has 0 bridgehead atoms. The van der Waals surface area contributed by atoms with E-state index < -0.39 is 6.17 Å². The number of fused-ring (bicyclic) bond motifs is 3. The van der Waals surface area contributed by atoms with Crippen molar-refractivity contribution in [3.63, 3.8) is 0 Å². The van der Waals surface area contributed by atoms with Crippen LogP contribution in [-0.4, -0.2) is 17.1 Å². The highest BCUT2D eigenvalue weighted by atomic mass is 35.5. The van der Waals surface area contributed by atoms with Crippen LogP contribution in [0.3, 0.4) is 0 Å². The molecule has 0 aromatic heterocycles. The van der Waals surface area contributed by atoms with Crippen molar-refractivity contribution in [1.82, 2.24) is 0 Å². The van der Waals surface area contributed by atoms with Crippen LogP contribution in [0.5, 0.6) is 0 Å². The van der Waals surface area contributed by atoms with Gasteiger partial charge in [-0.05, 0) is 10.9 Å². The molecule has 0 saturated carbocycles. The summed E-state index contributed by atoms with van der Waals surface area (Å²) in [6.07, 6.45) is -0.330. The average Bonchev–Trinajstić information content (AvgIpc) is 2.77. The molecule has 1 heterocycles. The van der Waals surface area contributed by atoms with Gasteiger partial charge in [0.15, 0.2) is 0 Å². The number of anilines is 1. The summed E-state index contributed by atoms with van der Waals surface area (Å²) in [5.41, 5.74) is 1.90. The lowest BCUT2D eigenvalue weighted by Gasteiger charge is -2.19. The largest absolute Gasteiger partial charge is 0.295 e. The van der Waals surface area contributed by atoms with Crippen molar-refractivity contribution in [3.05, 3.63) is 52.1 Å². The molecular formula is C13H11ClN2O2. The highest BCUT2D eigenvalue weighted by Gasteiger charge is 2.37. The summed E-state index contributed by atoms with van der Waals surface area (Å²) in [6, 6.07) is 12.0. The summed E-state index contributed by atoms with van der Waals surface area (Å²) in [6.45, 7) is 0. The maximum absolute atomic E-state index is 11.1. The third-order valence-corrected chi connectivity index (χ3v) is 3.66. The van der Waals surface area contributed by atoms with Crippen molar-refractivity contribution < 1.29 is 4.92 Å². The first-order valence-electron chi connectivity index (χ1n) is 5.69. The van der Waals surface area contributed by atoms with Crippen molar-refractivity contribution in [1.29, 1.82) is 0 Å². The first-order valence-corrected chi connectivity index (χ1v) is 6.22. The molecule has 3 rings (SSSR count). The number of alkyl halides is 1. The molecule has 0 saturated heterocycles. The zero-order chi connectivity index (χ0) is 12.7. The van der Waals surface area contributed by atoms with Crippen molar-refractivity contribution in [2.24, 2.45) is 0 Å². The van der Waals surface area contributed by atoms with Gasteiger partial charge in [-0.2, -0.15) is 0 Å². The maximum Gasteiger partial charge on any atom is 0.292 e. The molecule has 0 aliphatic carbocycles. The lowest BCUT2D eigenvalue weighted by atomic mass is 10.0. The van der Waals surface area contributed by atoms with E-state index in [1.54, 1.807) is 4.90 Å². The molecule has 1 unspecified atom stereocenters. The van der Waals surface area contributed by atoms with Crippen molar-refractivity contribution in [3.8, 4) is 0 Å². The third-order valence-electron chi connectivity index (χ3n) is 3.41. The minimum atomic E-state index is -0.747. The summed E-state index contributed by atoms with van der Waals surface area (Å²) in [5.74, 6) is 0. The van der Waals surface area contributed by atoms with E-state index in [1.807, 2.05) is 36.4 Å². The summed E-state index contributed by atoms with van der Waals surface area (Å²) in [7, 11) is 0. The van der Waals surface area contributed by atoms with E-state index in [-0.39, 0.29) is 10.9 Å². The van der Waals surface area contributed by atoms with Crippen LogP contribution in [0, 0.1) is 10.1 Å². The number of hydrogen-bond donors (Lipinski definition) is 0.